The number of benzene rings is 1. The normalized spacial score (nSPS) is 10.7. The van der Waals surface area contributed by atoms with Crippen LogP contribution >= 0.6 is 0 Å². The number of nitriles is 1. The lowest BCUT2D eigenvalue weighted by atomic mass is 10.2. The number of carbonyl (C=O) groups excluding carboxylic acids is 2. The minimum absolute atomic E-state index is 0.209. The van der Waals surface area contributed by atoms with Gasteiger partial charge in [-0.15, -0.1) is 0 Å². The molecule has 0 saturated carbocycles. The summed E-state index contributed by atoms with van der Waals surface area (Å²) < 4.78 is 8.50. The zero-order valence-corrected chi connectivity index (χ0v) is 18.4. The van der Waals surface area contributed by atoms with Crippen LogP contribution in [0.15, 0.2) is 42.9 Å². The molecule has 0 radical (unpaired) electrons. The highest BCUT2D eigenvalue weighted by atomic mass is 16.5. The predicted molar refractivity (Wildman–Crippen MR) is 119 cm³/mol. The van der Waals surface area contributed by atoms with Crippen molar-refractivity contribution >= 4 is 23.5 Å². The van der Waals surface area contributed by atoms with Crippen molar-refractivity contribution in [3.63, 3.8) is 0 Å². The average molecular weight is 443 g/mol. The second kappa shape index (κ2) is 8.92. The molecule has 166 valence electrons. The lowest BCUT2D eigenvalue weighted by Gasteiger charge is -2.13. The number of amides is 1. The summed E-state index contributed by atoms with van der Waals surface area (Å²) in [5.41, 5.74) is 3.52. The van der Waals surface area contributed by atoms with Crippen molar-refractivity contribution in [3.8, 4) is 11.8 Å². The van der Waals surface area contributed by atoms with E-state index in [0.29, 0.717) is 29.3 Å². The maximum absolute atomic E-state index is 12.7. The summed E-state index contributed by atoms with van der Waals surface area (Å²) >= 11 is 0. The van der Waals surface area contributed by atoms with Crippen molar-refractivity contribution in [2.24, 2.45) is 0 Å². The number of carbonyl (C=O) groups is 2. The first-order valence-corrected chi connectivity index (χ1v) is 10.3. The standard InChI is InChI=1S/C23H21N7O3/c1-4-19-18(11-25-23-26-13-27-30(19)23)22(32)33-12-20(31)28-21-17(10-24)14(2)15(3)29(21)16-8-6-5-7-9-16/h5-9,11,13H,4,12H2,1-3H3,(H,28,31). The maximum atomic E-state index is 12.7. The minimum Gasteiger partial charge on any atom is -0.452 e. The summed E-state index contributed by atoms with van der Waals surface area (Å²) in [6.07, 6.45) is 3.21. The van der Waals surface area contributed by atoms with E-state index in [1.54, 1.807) is 4.57 Å². The number of fused-ring (bicyclic) bond motifs is 1. The van der Waals surface area contributed by atoms with Crippen LogP contribution in [0.2, 0.25) is 0 Å². The highest BCUT2D eigenvalue weighted by Gasteiger charge is 2.22. The van der Waals surface area contributed by atoms with E-state index in [-0.39, 0.29) is 5.56 Å². The van der Waals surface area contributed by atoms with Crippen LogP contribution in [0, 0.1) is 25.2 Å². The van der Waals surface area contributed by atoms with Crippen LogP contribution in [-0.4, -0.2) is 42.6 Å². The third-order valence-electron chi connectivity index (χ3n) is 5.39. The molecule has 1 aromatic carbocycles. The molecule has 10 heteroatoms. The molecular formula is C23H21N7O3. The fourth-order valence-corrected chi connectivity index (χ4v) is 3.67. The number of nitrogens with zero attached hydrogens (tertiary/aromatic N) is 6. The van der Waals surface area contributed by atoms with Gasteiger partial charge in [0, 0.05) is 17.6 Å². The third kappa shape index (κ3) is 3.92. The fourth-order valence-electron chi connectivity index (χ4n) is 3.67. The number of rotatable bonds is 6. The summed E-state index contributed by atoms with van der Waals surface area (Å²) in [7, 11) is 0. The van der Waals surface area contributed by atoms with Crippen LogP contribution in [0.3, 0.4) is 0 Å². The fraction of sp³-hybridized carbons (Fsp3) is 0.217. The van der Waals surface area contributed by atoms with E-state index >= 15 is 0 Å². The first kappa shape index (κ1) is 21.7. The molecule has 0 aliphatic carbocycles. The summed E-state index contributed by atoms with van der Waals surface area (Å²) in [6, 6.07) is 11.5. The smallest absolute Gasteiger partial charge is 0.342 e. The van der Waals surface area contributed by atoms with Crippen LogP contribution in [0.1, 0.15) is 39.8 Å². The highest BCUT2D eigenvalue weighted by Crippen LogP contribution is 2.29. The van der Waals surface area contributed by atoms with E-state index < -0.39 is 18.5 Å². The number of hydrogen-bond acceptors (Lipinski definition) is 7. The number of aromatic nitrogens is 5. The van der Waals surface area contributed by atoms with Gasteiger partial charge in [0.15, 0.2) is 6.61 Å². The van der Waals surface area contributed by atoms with Gasteiger partial charge < -0.3 is 10.1 Å². The molecule has 1 amide bonds. The molecule has 4 rings (SSSR count). The number of hydrogen-bond donors (Lipinski definition) is 1. The van der Waals surface area contributed by atoms with Crippen molar-refractivity contribution in [2.45, 2.75) is 27.2 Å². The molecule has 0 aliphatic rings. The first-order valence-electron chi connectivity index (χ1n) is 10.3. The van der Waals surface area contributed by atoms with Crippen LogP contribution in [0.5, 0.6) is 0 Å². The Bertz CT molecular complexity index is 1400. The molecule has 0 saturated heterocycles. The SMILES string of the molecule is CCc1c(C(=O)OCC(=O)Nc2c(C#N)c(C)c(C)n2-c2ccccc2)cnc2ncnn12. The maximum Gasteiger partial charge on any atom is 0.342 e. The predicted octanol–water partition coefficient (Wildman–Crippen LogP) is 2.76. The Morgan fingerprint density at radius 2 is 1.94 bits per heavy atom. The Morgan fingerprint density at radius 3 is 2.64 bits per heavy atom. The number of ether oxygens (including phenoxy) is 1. The van der Waals surface area contributed by atoms with E-state index in [4.69, 9.17) is 4.74 Å². The van der Waals surface area contributed by atoms with Gasteiger partial charge in [0.2, 0.25) is 0 Å². The average Bonchev–Trinajstić information content (AvgIpc) is 3.40. The number of nitrogens with one attached hydrogen (secondary N) is 1. The summed E-state index contributed by atoms with van der Waals surface area (Å²) in [4.78, 5) is 33.4. The summed E-state index contributed by atoms with van der Waals surface area (Å²) in [5.74, 6) is -0.558. The van der Waals surface area contributed by atoms with Crippen molar-refractivity contribution < 1.29 is 14.3 Å². The van der Waals surface area contributed by atoms with E-state index in [1.165, 1.54) is 17.0 Å². The number of anilines is 1. The van der Waals surface area contributed by atoms with Gasteiger partial charge in [0.25, 0.3) is 11.7 Å². The molecule has 0 spiro atoms. The Labute approximate surface area is 189 Å². The lowest BCUT2D eigenvalue weighted by molar-refractivity contribution is -0.119. The lowest BCUT2D eigenvalue weighted by Crippen LogP contribution is -2.23. The zero-order valence-electron chi connectivity index (χ0n) is 18.4. The van der Waals surface area contributed by atoms with Crippen molar-refractivity contribution in [1.29, 1.82) is 5.26 Å². The van der Waals surface area contributed by atoms with Crippen LogP contribution in [0.25, 0.3) is 11.5 Å². The molecule has 10 nitrogen and oxygen atoms in total. The Hall–Kier alpha value is -4.52. The highest BCUT2D eigenvalue weighted by molar-refractivity contribution is 5.96. The molecular weight excluding hydrogens is 422 g/mol. The van der Waals surface area contributed by atoms with Crippen LogP contribution < -0.4 is 5.32 Å². The number of para-hydroxylation sites is 1. The monoisotopic (exact) mass is 443 g/mol. The van der Waals surface area contributed by atoms with Gasteiger partial charge in [-0.3, -0.25) is 9.36 Å². The second-order valence-corrected chi connectivity index (χ2v) is 7.29. The van der Waals surface area contributed by atoms with Crippen LogP contribution in [0.4, 0.5) is 5.82 Å². The molecule has 33 heavy (non-hydrogen) atoms. The molecule has 0 unspecified atom stereocenters. The van der Waals surface area contributed by atoms with Crippen molar-refractivity contribution in [3.05, 3.63) is 70.9 Å². The van der Waals surface area contributed by atoms with Gasteiger partial charge in [-0.1, -0.05) is 25.1 Å². The quantitative estimate of drug-likeness (QED) is 0.454. The number of aryl methyl sites for hydroxylation is 1. The third-order valence-corrected chi connectivity index (χ3v) is 5.39. The zero-order chi connectivity index (χ0) is 23.5. The molecule has 4 aromatic rings. The van der Waals surface area contributed by atoms with Gasteiger partial charge in [-0.05, 0) is 38.0 Å². The second-order valence-electron chi connectivity index (χ2n) is 7.29. The summed E-state index contributed by atoms with van der Waals surface area (Å²) in [5, 5.41) is 16.5. The molecule has 0 bridgehead atoms. The number of esters is 1. The van der Waals surface area contributed by atoms with Crippen molar-refractivity contribution in [2.75, 3.05) is 11.9 Å². The molecule has 0 fully saturated rings. The molecule has 3 heterocycles. The van der Waals surface area contributed by atoms with E-state index in [1.807, 2.05) is 51.1 Å². The molecule has 0 atom stereocenters. The van der Waals surface area contributed by atoms with Gasteiger partial charge in [0.05, 0.1) is 16.8 Å². The molecule has 0 aliphatic heterocycles. The van der Waals surface area contributed by atoms with Gasteiger partial charge in [-0.2, -0.15) is 15.3 Å². The van der Waals surface area contributed by atoms with Gasteiger partial charge in [0.1, 0.15) is 18.2 Å². The van der Waals surface area contributed by atoms with Crippen molar-refractivity contribution in [1.82, 2.24) is 24.1 Å². The van der Waals surface area contributed by atoms with E-state index in [0.717, 1.165) is 16.9 Å². The van der Waals surface area contributed by atoms with Gasteiger partial charge in [-0.25, -0.2) is 14.3 Å². The topological polar surface area (TPSA) is 127 Å². The molecule has 3 aromatic heterocycles. The van der Waals surface area contributed by atoms with E-state index in [9.17, 15) is 14.9 Å². The largest absolute Gasteiger partial charge is 0.452 e. The Balaban J connectivity index is 1.55. The van der Waals surface area contributed by atoms with Gasteiger partial charge >= 0.3 is 5.97 Å². The molecule has 1 N–H and O–H groups in total. The van der Waals surface area contributed by atoms with E-state index in [2.05, 4.69) is 26.5 Å². The van der Waals surface area contributed by atoms with Crippen LogP contribution in [-0.2, 0) is 16.0 Å². The Kier molecular flexibility index (Phi) is 5.87. The Morgan fingerprint density at radius 1 is 1.18 bits per heavy atom. The summed E-state index contributed by atoms with van der Waals surface area (Å²) in [6.45, 7) is 5.03. The first-order chi connectivity index (χ1) is 16.0. The minimum atomic E-state index is -0.696.